The van der Waals surface area contributed by atoms with Crippen molar-refractivity contribution in [1.29, 1.82) is 0 Å². The van der Waals surface area contributed by atoms with E-state index in [-0.39, 0.29) is 12.6 Å². The maximum Gasteiger partial charge on any atom is 0.0896 e. The van der Waals surface area contributed by atoms with E-state index in [2.05, 4.69) is 12.2 Å². The Bertz CT molecular complexity index is 240. The molecule has 0 aromatic heterocycles. The molecule has 0 fully saturated rings. The van der Waals surface area contributed by atoms with E-state index in [0.717, 1.165) is 6.42 Å². The third-order valence-electron chi connectivity index (χ3n) is 4.29. The lowest BCUT2D eigenvalue weighted by molar-refractivity contribution is 0.128. The molecule has 0 rings (SSSR count). The molecule has 0 saturated carbocycles. The van der Waals surface area contributed by atoms with Gasteiger partial charge in [-0.05, 0) is 19.9 Å². The van der Waals surface area contributed by atoms with Crippen molar-refractivity contribution in [2.45, 2.75) is 96.1 Å². The molecule has 2 atom stereocenters. The molecule has 132 valence electrons. The van der Waals surface area contributed by atoms with Gasteiger partial charge < -0.3 is 15.5 Å². The number of aliphatic hydroxyl groups is 2. The van der Waals surface area contributed by atoms with Crippen molar-refractivity contribution in [2.24, 2.45) is 0 Å². The van der Waals surface area contributed by atoms with E-state index < -0.39 is 6.10 Å². The van der Waals surface area contributed by atoms with Crippen LogP contribution >= 0.6 is 0 Å². The van der Waals surface area contributed by atoms with Gasteiger partial charge in [-0.25, -0.2) is 0 Å². The summed E-state index contributed by atoms with van der Waals surface area (Å²) in [4.78, 5) is 0. The second-order valence-electron chi connectivity index (χ2n) is 6.32. The smallest absolute Gasteiger partial charge is 0.0896 e. The van der Waals surface area contributed by atoms with E-state index in [4.69, 9.17) is 5.11 Å². The van der Waals surface area contributed by atoms with Gasteiger partial charge in [0.1, 0.15) is 0 Å². The van der Waals surface area contributed by atoms with E-state index >= 15 is 0 Å². The summed E-state index contributed by atoms with van der Waals surface area (Å²) in [6, 6.07) is -0.256. The third-order valence-corrected chi connectivity index (χ3v) is 4.29. The quantitative estimate of drug-likeness (QED) is 0.296. The predicted octanol–water partition coefficient (Wildman–Crippen LogP) is 4.18. The highest BCUT2D eigenvalue weighted by Gasteiger charge is 2.11. The van der Waals surface area contributed by atoms with E-state index in [1.807, 2.05) is 6.08 Å². The van der Waals surface area contributed by atoms with Crippen LogP contribution in [0.25, 0.3) is 0 Å². The number of unbranched alkanes of at least 4 members (excludes halogenated alkanes) is 11. The zero-order valence-electron chi connectivity index (χ0n) is 14.9. The topological polar surface area (TPSA) is 52.5 Å². The van der Waals surface area contributed by atoms with E-state index in [9.17, 15) is 5.11 Å². The zero-order valence-corrected chi connectivity index (χ0v) is 14.9. The monoisotopic (exact) mass is 313 g/mol. The summed E-state index contributed by atoms with van der Waals surface area (Å²) in [6.45, 7) is 2.22. The summed E-state index contributed by atoms with van der Waals surface area (Å²) in [7, 11) is 1.75. The maximum atomic E-state index is 9.78. The molecule has 3 nitrogen and oxygen atoms in total. The first-order chi connectivity index (χ1) is 10.8. The van der Waals surface area contributed by atoms with Gasteiger partial charge in [0.25, 0.3) is 0 Å². The van der Waals surface area contributed by atoms with Gasteiger partial charge in [0.05, 0.1) is 18.8 Å². The van der Waals surface area contributed by atoms with Crippen molar-refractivity contribution >= 4 is 0 Å². The molecule has 3 heteroatoms. The highest BCUT2D eigenvalue weighted by Crippen LogP contribution is 2.12. The highest BCUT2D eigenvalue weighted by atomic mass is 16.3. The van der Waals surface area contributed by atoms with Crippen molar-refractivity contribution in [3.8, 4) is 0 Å². The molecule has 2 unspecified atom stereocenters. The Kier molecular flexibility index (Phi) is 16.7. The summed E-state index contributed by atoms with van der Waals surface area (Å²) in [5.74, 6) is 0. The minimum Gasteiger partial charge on any atom is -0.395 e. The molecule has 0 aromatic carbocycles. The number of hydrogen-bond acceptors (Lipinski definition) is 3. The van der Waals surface area contributed by atoms with Crippen LogP contribution in [0.2, 0.25) is 0 Å². The number of nitrogens with one attached hydrogen (secondary N) is 1. The number of aliphatic hydroxyl groups excluding tert-OH is 2. The average Bonchev–Trinajstić information content (AvgIpc) is 2.53. The first-order valence-electron chi connectivity index (χ1n) is 9.39. The summed E-state index contributed by atoms with van der Waals surface area (Å²) in [5.41, 5.74) is 0. The van der Waals surface area contributed by atoms with Gasteiger partial charge in [0.15, 0.2) is 0 Å². The molecule has 0 saturated heterocycles. The number of rotatable bonds is 16. The molecular formula is C19H39NO2. The Morgan fingerprint density at radius 2 is 1.36 bits per heavy atom. The van der Waals surface area contributed by atoms with Crippen molar-refractivity contribution in [2.75, 3.05) is 13.7 Å². The minimum atomic E-state index is -0.595. The van der Waals surface area contributed by atoms with E-state index in [1.165, 1.54) is 70.6 Å². The lowest BCUT2D eigenvalue weighted by Crippen LogP contribution is -2.39. The maximum absolute atomic E-state index is 9.78. The Balaban J connectivity index is 3.29. The lowest BCUT2D eigenvalue weighted by Gasteiger charge is -2.16. The number of hydrogen-bond donors (Lipinski definition) is 3. The van der Waals surface area contributed by atoms with Crippen LogP contribution < -0.4 is 5.32 Å². The molecule has 0 bridgehead atoms. The Morgan fingerprint density at radius 3 is 1.82 bits per heavy atom. The average molecular weight is 314 g/mol. The summed E-state index contributed by atoms with van der Waals surface area (Å²) in [5, 5.41) is 21.7. The fraction of sp³-hybridized carbons (Fsp3) is 0.895. The molecule has 0 aliphatic heterocycles. The van der Waals surface area contributed by atoms with Gasteiger partial charge in [-0.1, -0.05) is 83.3 Å². The van der Waals surface area contributed by atoms with Crippen molar-refractivity contribution < 1.29 is 10.2 Å². The van der Waals surface area contributed by atoms with Crippen LogP contribution in [0.5, 0.6) is 0 Å². The molecular weight excluding hydrogens is 274 g/mol. The number of likely N-dealkylation sites (N-methyl/N-ethyl adjacent to an activating group) is 1. The van der Waals surface area contributed by atoms with Gasteiger partial charge >= 0.3 is 0 Å². The van der Waals surface area contributed by atoms with E-state index in [0.29, 0.717) is 0 Å². The predicted molar refractivity (Wildman–Crippen MR) is 96.2 cm³/mol. The number of allylic oxidation sites excluding steroid dienone is 1. The van der Waals surface area contributed by atoms with Crippen LogP contribution in [0, 0.1) is 0 Å². The minimum absolute atomic E-state index is 0.0412. The summed E-state index contributed by atoms with van der Waals surface area (Å²) >= 11 is 0. The molecule has 0 spiro atoms. The highest BCUT2D eigenvalue weighted by molar-refractivity contribution is 4.94. The van der Waals surface area contributed by atoms with Gasteiger partial charge in [-0.2, -0.15) is 0 Å². The van der Waals surface area contributed by atoms with Crippen molar-refractivity contribution in [3.63, 3.8) is 0 Å². The summed E-state index contributed by atoms with van der Waals surface area (Å²) in [6.07, 6.45) is 19.2. The molecule has 0 heterocycles. The van der Waals surface area contributed by atoms with Crippen LogP contribution in [-0.4, -0.2) is 36.0 Å². The second kappa shape index (κ2) is 17.0. The molecule has 0 aliphatic carbocycles. The Morgan fingerprint density at radius 1 is 0.864 bits per heavy atom. The van der Waals surface area contributed by atoms with E-state index in [1.54, 1.807) is 13.1 Å². The van der Waals surface area contributed by atoms with Crippen molar-refractivity contribution in [1.82, 2.24) is 5.32 Å². The SMILES string of the molecule is CCCCCCCCCCCCCC=CC(O)C(CO)NC. The third kappa shape index (κ3) is 13.3. The van der Waals surface area contributed by atoms with Crippen molar-refractivity contribution in [3.05, 3.63) is 12.2 Å². The molecule has 0 aromatic rings. The van der Waals surface area contributed by atoms with Gasteiger partial charge in [0, 0.05) is 0 Å². The fourth-order valence-electron chi connectivity index (χ4n) is 2.67. The molecule has 3 N–H and O–H groups in total. The molecule has 0 radical (unpaired) electrons. The van der Waals surface area contributed by atoms with Crippen LogP contribution in [-0.2, 0) is 0 Å². The standard InChI is InChI=1S/C19H39NO2/c1-3-4-5-6-7-8-9-10-11-12-13-14-15-16-19(22)18(17-21)20-2/h15-16,18-22H,3-14,17H2,1-2H3. The van der Waals surface area contributed by atoms with Gasteiger partial charge in [0.2, 0.25) is 0 Å². The normalized spacial score (nSPS) is 14.5. The largest absolute Gasteiger partial charge is 0.395 e. The Labute approximate surface area is 138 Å². The van der Waals surface area contributed by atoms with Crippen LogP contribution in [0.15, 0.2) is 12.2 Å². The summed E-state index contributed by atoms with van der Waals surface area (Å²) < 4.78 is 0. The molecule has 0 amide bonds. The second-order valence-corrected chi connectivity index (χ2v) is 6.32. The van der Waals surface area contributed by atoms with Crippen LogP contribution in [0.1, 0.15) is 84.0 Å². The van der Waals surface area contributed by atoms with Crippen LogP contribution in [0.4, 0.5) is 0 Å². The van der Waals surface area contributed by atoms with Gasteiger partial charge in [-0.15, -0.1) is 0 Å². The van der Waals surface area contributed by atoms with Gasteiger partial charge in [-0.3, -0.25) is 0 Å². The first-order valence-corrected chi connectivity index (χ1v) is 9.39. The zero-order chi connectivity index (χ0) is 16.5. The first kappa shape index (κ1) is 21.6. The molecule has 22 heavy (non-hydrogen) atoms. The molecule has 0 aliphatic rings. The lowest BCUT2D eigenvalue weighted by atomic mass is 10.0. The fourth-order valence-corrected chi connectivity index (χ4v) is 2.67. The van der Waals surface area contributed by atoms with Crippen LogP contribution in [0.3, 0.4) is 0 Å². The Hall–Kier alpha value is -0.380.